The summed E-state index contributed by atoms with van der Waals surface area (Å²) in [5.74, 6) is -0.225. The number of likely N-dealkylation sites (tertiary alicyclic amines) is 1. The van der Waals surface area contributed by atoms with Crippen LogP contribution in [0.3, 0.4) is 0 Å². The van der Waals surface area contributed by atoms with E-state index in [1.807, 2.05) is 30.5 Å². The highest BCUT2D eigenvalue weighted by atomic mass is 16.3. The summed E-state index contributed by atoms with van der Waals surface area (Å²) in [6.45, 7) is 1.97. The fourth-order valence-corrected chi connectivity index (χ4v) is 4.80. The topological polar surface area (TPSA) is 97.4 Å². The number of nitrogens with zero attached hydrogens (tertiary/aromatic N) is 3. The van der Waals surface area contributed by atoms with E-state index >= 15 is 0 Å². The Bertz CT molecular complexity index is 1240. The number of aromatic nitrogens is 2. The van der Waals surface area contributed by atoms with Gasteiger partial charge in [-0.1, -0.05) is 18.2 Å². The van der Waals surface area contributed by atoms with Crippen molar-refractivity contribution in [3.8, 4) is 0 Å². The molecule has 4 heterocycles. The van der Waals surface area contributed by atoms with Gasteiger partial charge in [0.1, 0.15) is 11.2 Å². The molecule has 2 atom stereocenters. The van der Waals surface area contributed by atoms with Crippen molar-refractivity contribution in [1.82, 2.24) is 14.7 Å². The molecule has 1 fully saturated rings. The zero-order valence-corrected chi connectivity index (χ0v) is 16.6. The lowest BCUT2D eigenvalue weighted by Gasteiger charge is -2.33. The second-order valence-corrected chi connectivity index (χ2v) is 7.84. The van der Waals surface area contributed by atoms with Crippen LogP contribution in [0, 0.1) is 6.92 Å². The van der Waals surface area contributed by atoms with Gasteiger partial charge in [0.05, 0.1) is 12.2 Å². The van der Waals surface area contributed by atoms with Crippen molar-refractivity contribution in [3.05, 3.63) is 81.7 Å². The summed E-state index contributed by atoms with van der Waals surface area (Å²) in [4.78, 5) is 40.3. The maximum Gasteiger partial charge on any atom is 0.290 e. The average Bonchev–Trinajstić information content (AvgIpc) is 3.38. The molecule has 2 aromatic heterocycles. The fourth-order valence-electron chi connectivity index (χ4n) is 4.80. The largest absolute Gasteiger partial charge is 0.456 e. The molecule has 0 aliphatic carbocycles. The van der Waals surface area contributed by atoms with Crippen molar-refractivity contribution in [1.29, 1.82) is 0 Å². The van der Waals surface area contributed by atoms with E-state index in [0.29, 0.717) is 18.7 Å². The van der Waals surface area contributed by atoms with Gasteiger partial charge in [-0.25, -0.2) is 0 Å². The molecule has 5 rings (SSSR count). The molecule has 152 valence electrons. The number of nitrogens with one attached hydrogen (secondary N) is 1. The molecule has 1 N–H and O–H groups in total. The van der Waals surface area contributed by atoms with E-state index in [0.717, 1.165) is 16.8 Å². The van der Waals surface area contributed by atoms with Crippen molar-refractivity contribution in [2.24, 2.45) is 7.05 Å². The molecular weight excluding hydrogens is 384 g/mol. The highest BCUT2D eigenvalue weighted by molar-refractivity contribution is 6.08. The second-order valence-electron chi connectivity index (χ2n) is 7.84. The van der Waals surface area contributed by atoms with Crippen LogP contribution < -0.4 is 10.7 Å². The molecule has 3 aromatic rings. The summed E-state index contributed by atoms with van der Waals surface area (Å²) < 4.78 is 7.20. The van der Waals surface area contributed by atoms with E-state index in [1.54, 1.807) is 29.7 Å². The molecule has 1 aromatic carbocycles. The molecular formula is C22H20N4O4. The Morgan fingerprint density at radius 1 is 1.27 bits per heavy atom. The number of fused-ring (bicyclic) bond motifs is 2. The van der Waals surface area contributed by atoms with Gasteiger partial charge in [-0.05, 0) is 25.0 Å². The Kier molecular flexibility index (Phi) is 3.92. The Labute approximate surface area is 172 Å². The average molecular weight is 404 g/mol. The number of carbonyl (C=O) groups excluding carboxylic acids is 2. The normalized spacial score (nSPS) is 22.4. The molecule has 0 radical (unpaired) electrons. The Morgan fingerprint density at radius 2 is 2.07 bits per heavy atom. The van der Waals surface area contributed by atoms with E-state index in [1.165, 1.54) is 12.1 Å². The van der Waals surface area contributed by atoms with Crippen molar-refractivity contribution >= 4 is 17.5 Å². The van der Waals surface area contributed by atoms with E-state index in [4.69, 9.17) is 4.42 Å². The number of benzene rings is 1. The first-order valence-corrected chi connectivity index (χ1v) is 9.72. The third-order valence-electron chi connectivity index (χ3n) is 5.99. The van der Waals surface area contributed by atoms with Crippen molar-refractivity contribution in [3.63, 3.8) is 0 Å². The quantitative estimate of drug-likeness (QED) is 0.706. The Hall–Kier alpha value is -3.68. The van der Waals surface area contributed by atoms with E-state index < -0.39 is 17.4 Å². The number of para-hydroxylation sites is 1. The van der Waals surface area contributed by atoms with Crippen molar-refractivity contribution < 1.29 is 14.0 Å². The van der Waals surface area contributed by atoms with Crippen molar-refractivity contribution in [2.45, 2.75) is 24.8 Å². The molecule has 2 aliphatic heterocycles. The van der Waals surface area contributed by atoms with Crippen LogP contribution in [-0.4, -0.2) is 33.0 Å². The summed E-state index contributed by atoms with van der Waals surface area (Å²) in [5, 5.41) is 7.24. The molecule has 1 spiro atoms. The SMILES string of the molecule is Cc1cc(=O)cc(C(=O)N2CCC3(C(=O)Nc4ccccc43)C2c2cnn(C)c2)o1. The molecule has 2 aliphatic rings. The lowest BCUT2D eigenvalue weighted by atomic mass is 9.73. The van der Waals surface area contributed by atoms with Gasteiger partial charge >= 0.3 is 0 Å². The summed E-state index contributed by atoms with van der Waals surface area (Å²) >= 11 is 0. The first-order chi connectivity index (χ1) is 14.4. The summed E-state index contributed by atoms with van der Waals surface area (Å²) in [7, 11) is 1.79. The number of aryl methyl sites for hydroxylation is 2. The van der Waals surface area contributed by atoms with E-state index in [2.05, 4.69) is 10.4 Å². The fraction of sp³-hybridized carbons (Fsp3) is 0.273. The minimum Gasteiger partial charge on any atom is -0.456 e. The number of amides is 2. The zero-order chi connectivity index (χ0) is 21.0. The van der Waals surface area contributed by atoms with Gasteiger partial charge < -0.3 is 14.6 Å². The summed E-state index contributed by atoms with van der Waals surface area (Å²) in [6.07, 6.45) is 3.95. The predicted molar refractivity (Wildman–Crippen MR) is 108 cm³/mol. The van der Waals surface area contributed by atoms with Crippen LogP contribution in [0.25, 0.3) is 0 Å². The van der Waals surface area contributed by atoms with Crippen LogP contribution in [-0.2, 0) is 17.3 Å². The van der Waals surface area contributed by atoms with E-state index in [-0.39, 0.29) is 17.1 Å². The molecule has 0 bridgehead atoms. The van der Waals surface area contributed by atoms with Gasteiger partial charge in [0.25, 0.3) is 5.91 Å². The summed E-state index contributed by atoms with van der Waals surface area (Å²) in [6, 6.07) is 9.52. The third kappa shape index (κ3) is 2.53. The smallest absolute Gasteiger partial charge is 0.290 e. The van der Waals surface area contributed by atoms with Crippen LogP contribution in [0.2, 0.25) is 0 Å². The lowest BCUT2D eigenvalue weighted by Crippen LogP contribution is -2.42. The highest BCUT2D eigenvalue weighted by Crippen LogP contribution is 2.54. The van der Waals surface area contributed by atoms with Crippen LogP contribution in [0.4, 0.5) is 5.69 Å². The first kappa shape index (κ1) is 18.4. The number of rotatable bonds is 2. The van der Waals surface area contributed by atoms with Gasteiger partial charge in [0, 0.05) is 43.2 Å². The maximum absolute atomic E-state index is 13.4. The number of hydrogen-bond donors (Lipinski definition) is 1. The molecule has 8 nitrogen and oxygen atoms in total. The minimum atomic E-state index is -0.931. The predicted octanol–water partition coefficient (Wildman–Crippen LogP) is 2.16. The standard InChI is InChI=1S/C22H20N4O4/c1-13-9-15(27)10-18(30-13)20(28)26-8-7-22(19(26)14-11-23-25(2)12-14)16-5-3-4-6-17(16)24-21(22)29/h3-6,9-12,19H,7-8H2,1-2H3,(H,24,29). The number of anilines is 1. The van der Waals surface area contributed by atoms with Crippen LogP contribution in [0.5, 0.6) is 0 Å². The van der Waals surface area contributed by atoms with Crippen molar-refractivity contribution in [2.75, 3.05) is 11.9 Å². The van der Waals surface area contributed by atoms with Gasteiger partial charge in [0.2, 0.25) is 5.91 Å². The molecule has 30 heavy (non-hydrogen) atoms. The van der Waals surface area contributed by atoms with Gasteiger partial charge in [-0.15, -0.1) is 0 Å². The van der Waals surface area contributed by atoms with Gasteiger partial charge in [-0.2, -0.15) is 5.10 Å². The van der Waals surface area contributed by atoms with E-state index in [9.17, 15) is 14.4 Å². The highest BCUT2D eigenvalue weighted by Gasteiger charge is 2.59. The van der Waals surface area contributed by atoms with Crippen LogP contribution in [0.15, 0.2) is 58.0 Å². The zero-order valence-electron chi connectivity index (χ0n) is 16.6. The molecule has 0 saturated carbocycles. The van der Waals surface area contributed by atoms with Crippen LogP contribution >= 0.6 is 0 Å². The van der Waals surface area contributed by atoms with Gasteiger partial charge in [0.15, 0.2) is 11.2 Å². The number of hydrogen-bond acceptors (Lipinski definition) is 5. The molecule has 8 heteroatoms. The molecule has 2 amide bonds. The molecule has 1 saturated heterocycles. The summed E-state index contributed by atoms with van der Waals surface area (Å²) in [5.41, 5.74) is 1.15. The Morgan fingerprint density at radius 3 is 2.80 bits per heavy atom. The second kappa shape index (κ2) is 6.41. The molecule has 2 unspecified atom stereocenters. The maximum atomic E-state index is 13.4. The van der Waals surface area contributed by atoms with Crippen LogP contribution in [0.1, 0.15) is 39.9 Å². The Balaban J connectivity index is 1.67. The monoisotopic (exact) mass is 404 g/mol. The lowest BCUT2D eigenvalue weighted by molar-refractivity contribution is -0.121. The minimum absolute atomic E-state index is 0.0300. The van der Waals surface area contributed by atoms with Gasteiger partial charge in [-0.3, -0.25) is 19.1 Å². The third-order valence-corrected chi connectivity index (χ3v) is 5.99. The number of carbonyl (C=O) groups is 2. The first-order valence-electron chi connectivity index (χ1n) is 9.72.